The van der Waals surface area contributed by atoms with Crippen LogP contribution in [0.25, 0.3) is 0 Å². The lowest BCUT2D eigenvalue weighted by Crippen LogP contribution is -2.42. The van der Waals surface area contributed by atoms with Crippen LogP contribution in [0, 0.1) is 0 Å². The van der Waals surface area contributed by atoms with Gasteiger partial charge in [-0.05, 0) is 12.8 Å². The second kappa shape index (κ2) is 3.08. The van der Waals surface area contributed by atoms with Gasteiger partial charge >= 0.3 is 0 Å². The van der Waals surface area contributed by atoms with Gasteiger partial charge in [0.2, 0.25) is 5.91 Å². The Morgan fingerprint density at radius 1 is 1.77 bits per heavy atom. The minimum atomic E-state index is -0.573. The molecule has 1 aliphatic rings. The molecule has 1 amide bonds. The van der Waals surface area contributed by atoms with Crippen LogP contribution in [0.4, 0.5) is 0 Å². The van der Waals surface area contributed by atoms with Gasteiger partial charge in [-0.2, -0.15) is 0 Å². The molecule has 5 heteroatoms. The highest BCUT2D eigenvalue weighted by molar-refractivity contribution is 7.07. The fourth-order valence-electron chi connectivity index (χ4n) is 1.03. The molecule has 1 saturated carbocycles. The molecular weight excluding hydrogens is 186 g/mol. The van der Waals surface area contributed by atoms with Gasteiger partial charge in [0.25, 0.3) is 0 Å². The number of nitrogens with two attached hydrogens (primary N) is 1. The van der Waals surface area contributed by atoms with Crippen molar-refractivity contribution < 1.29 is 4.79 Å². The van der Waals surface area contributed by atoms with E-state index in [0.717, 1.165) is 18.5 Å². The fraction of sp³-hybridized carbons (Fsp3) is 0.500. The van der Waals surface area contributed by atoms with Gasteiger partial charge < -0.3 is 11.1 Å². The molecule has 1 fully saturated rings. The molecule has 1 aromatic rings. The average Bonchev–Trinajstić information content (AvgIpc) is 2.70. The Bertz CT molecular complexity index is 305. The zero-order valence-corrected chi connectivity index (χ0v) is 7.93. The molecule has 0 bridgehead atoms. The van der Waals surface area contributed by atoms with Crippen molar-refractivity contribution in [2.45, 2.75) is 24.9 Å². The maximum absolute atomic E-state index is 11.4. The molecule has 0 saturated heterocycles. The van der Waals surface area contributed by atoms with E-state index in [0.29, 0.717) is 6.54 Å². The first-order valence-corrected chi connectivity index (χ1v) is 5.09. The average molecular weight is 197 g/mol. The summed E-state index contributed by atoms with van der Waals surface area (Å²) in [6.07, 6.45) is 1.60. The molecule has 13 heavy (non-hydrogen) atoms. The minimum absolute atomic E-state index is 0.0551. The lowest BCUT2D eigenvalue weighted by atomic mass is 10.3. The molecule has 3 N–H and O–H groups in total. The molecule has 0 aromatic carbocycles. The van der Waals surface area contributed by atoms with E-state index < -0.39 is 5.54 Å². The third-order valence-corrected chi connectivity index (χ3v) is 2.79. The second-order valence-corrected chi connectivity index (χ2v) is 4.04. The van der Waals surface area contributed by atoms with Gasteiger partial charge in [-0.1, -0.05) is 0 Å². The SMILES string of the molecule is NC1(C(=O)NCc2cscn2)CC1. The molecule has 0 spiro atoms. The number of carbonyl (C=O) groups is 1. The number of thiazole rings is 1. The molecule has 2 rings (SSSR count). The highest BCUT2D eigenvalue weighted by atomic mass is 32.1. The molecule has 4 nitrogen and oxygen atoms in total. The van der Waals surface area contributed by atoms with Gasteiger partial charge in [-0.15, -0.1) is 11.3 Å². The summed E-state index contributed by atoms with van der Waals surface area (Å²) in [5, 5.41) is 4.68. The number of nitrogens with zero attached hydrogens (tertiary/aromatic N) is 1. The molecule has 0 unspecified atom stereocenters. The number of amides is 1. The quantitative estimate of drug-likeness (QED) is 0.730. The summed E-state index contributed by atoms with van der Waals surface area (Å²) < 4.78 is 0. The third kappa shape index (κ3) is 1.87. The van der Waals surface area contributed by atoms with E-state index in [1.54, 1.807) is 5.51 Å². The van der Waals surface area contributed by atoms with E-state index in [-0.39, 0.29) is 5.91 Å². The summed E-state index contributed by atoms with van der Waals surface area (Å²) in [7, 11) is 0. The van der Waals surface area contributed by atoms with Crippen molar-refractivity contribution in [2.75, 3.05) is 0 Å². The van der Waals surface area contributed by atoms with Crippen LogP contribution in [-0.4, -0.2) is 16.4 Å². The minimum Gasteiger partial charge on any atom is -0.349 e. The number of hydrogen-bond acceptors (Lipinski definition) is 4. The lowest BCUT2D eigenvalue weighted by molar-refractivity contribution is -0.123. The van der Waals surface area contributed by atoms with E-state index in [9.17, 15) is 4.79 Å². The predicted octanol–water partition coefficient (Wildman–Crippen LogP) is 0.251. The van der Waals surface area contributed by atoms with Crippen LogP contribution >= 0.6 is 11.3 Å². The second-order valence-electron chi connectivity index (χ2n) is 3.32. The van der Waals surface area contributed by atoms with Crippen molar-refractivity contribution in [3.05, 3.63) is 16.6 Å². The number of carbonyl (C=O) groups excluding carboxylic acids is 1. The lowest BCUT2D eigenvalue weighted by Gasteiger charge is -2.07. The van der Waals surface area contributed by atoms with Crippen molar-refractivity contribution in [3.63, 3.8) is 0 Å². The molecule has 1 heterocycles. The maximum Gasteiger partial charge on any atom is 0.240 e. The van der Waals surface area contributed by atoms with Crippen molar-refractivity contribution in [1.29, 1.82) is 0 Å². The van der Waals surface area contributed by atoms with Gasteiger partial charge in [-0.25, -0.2) is 4.98 Å². The standard InChI is InChI=1S/C8H11N3OS/c9-8(1-2-8)7(12)10-3-6-4-13-5-11-6/h4-5H,1-3,9H2,(H,10,12). The summed E-state index contributed by atoms with van der Waals surface area (Å²) >= 11 is 1.52. The number of rotatable bonds is 3. The van der Waals surface area contributed by atoms with E-state index in [2.05, 4.69) is 10.3 Å². The van der Waals surface area contributed by atoms with E-state index in [4.69, 9.17) is 5.73 Å². The first-order valence-electron chi connectivity index (χ1n) is 4.15. The molecule has 1 aliphatic carbocycles. The Hall–Kier alpha value is -0.940. The van der Waals surface area contributed by atoms with E-state index >= 15 is 0 Å². The highest BCUT2D eigenvalue weighted by Crippen LogP contribution is 2.32. The largest absolute Gasteiger partial charge is 0.349 e. The van der Waals surface area contributed by atoms with Crippen LogP contribution in [0.5, 0.6) is 0 Å². The Morgan fingerprint density at radius 2 is 2.54 bits per heavy atom. The molecule has 0 atom stereocenters. The normalized spacial score (nSPS) is 18.2. The van der Waals surface area contributed by atoms with Gasteiger partial charge in [-0.3, -0.25) is 4.79 Å². The first-order chi connectivity index (χ1) is 6.21. The Balaban J connectivity index is 1.83. The monoisotopic (exact) mass is 197 g/mol. The van der Waals surface area contributed by atoms with Crippen LogP contribution in [0.2, 0.25) is 0 Å². The number of aromatic nitrogens is 1. The van der Waals surface area contributed by atoms with Gasteiger partial charge in [0.15, 0.2) is 0 Å². The molecular formula is C8H11N3OS. The topological polar surface area (TPSA) is 68.0 Å². The van der Waals surface area contributed by atoms with Gasteiger partial charge in [0, 0.05) is 5.38 Å². The maximum atomic E-state index is 11.4. The highest BCUT2D eigenvalue weighted by Gasteiger charge is 2.45. The summed E-state index contributed by atoms with van der Waals surface area (Å²) in [5.41, 5.74) is 7.76. The fourth-order valence-corrected chi connectivity index (χ4v) is 1.59. The smallest absolute Gasteiger partial charge is 0.240 e. The summed E-state index contributed by atoms with van der Waals surface area (Å²) in [6, 6.07) is 0. The van der Waals surface area contributed by atoms with Crippen molar-refractivity contribution in [1.82, 2.24) is 10.3 Å². The number of nitrogens with one attached hydrogen (secondary N) is 1. The summed E-state index contributed by atoms with van der Waals surface area (Å²) in [4.78, 5) is 15.4. The van der Waals surface area contributed by atoms with Crippen molar-refractivity contribution in [3.8, 4) is 0 Å². The first kappa shape index (κ1) is 8.65. The van der Waals surface area contributed by atoms with E-state index in [1.165, 1.54) is 11.3 Å². The molecule has 0 aliphatic heterocycles. The van der Waals surface area contributed by atoms with Crippen molar-refractivity contribution >= 4 is 17.2 Å². The third-order valence-electron chi connectivity index (χ3n) is 2.15. The Labute approximate surface area is 80.2 Å². The van der Waals surface area contributed by atoms with Crippen LogP contribution in [-0.2, 0) is 11.3 Å². The van der Waals surface area contributed by atoms with Gasteiger partial charge in [0.1, 0.15) is 0 Å². The zero-order chi connectivity index (χ0) is 9.31. The van der Waals surface area contributed by atoms with Crippen LogP contribution in [0.1, 0.15) is 18.5 Å². The Morgan fingerprint density at radius 3 is 3.08 bits per heavy atom. The van der Waals surface area contributed by atoms with Crippen molar-refractivity contribution in [2.24, 2.45) is 5.73 Å². The Kier molecular flexibility index (Phi) is 2.05. The van der Waals surface area contributed by atoms with Crippen LogP contribution in [0.3, 0.4) is 0 Å². The number of hydrogen-bond donors (Lipinski definition) is 2. The zero-order valence-electron chi connectivity index (χ0n) is 7.12. The van der Waals surface area contributed by atoms with Crippen LogP contribution < -0.4 is 11.1 Å². The van der Waals surface area contributed by atoms with Crippen LogP contribution in [0.15, 0.2) is 10.9 Å². The predicted molar refractivity (Wildman–Crippen MR) is 50.1 cm³/mol. The summed E-state index contributed by atoms with van der Waals surface area (Å²) in [5.74, 6) is -0.0551. The molecule has 0 radical (unpaired) electrons. The molecule has 1 aromatic heterocycles. The summed E-state index contributed by atoms with van der Waals surface area (Å²) in [6.45, 7) is 0.487. The van der Waals surface area contributed by atoms with E-state index in [1.807, 2.05) is 5.38 Å². The molecule has 70 valence electrons. The van der Waals surface area contributed by atoms with Gasteiger partial charge in [0.05, 0.1) is 23.3 Å².